The van der Waals surface area contributed by atoms with E-state index in [2.05, 4.69) is 11.1 Å². The third-order valence-corrected chi connectivity index (χ3v) is 0.740. The van der Waals surface area contributed by atoms with E-state index < -0.39 is 0 Å². The maximum atomic E-state index is 3.85. The Labute approximate surface area is 74.4 Å². The Morgan fingerprint density at radius 2 is 2.38 bits per heavy atom. The van der Waals surface area contributed by atoms with Crippen molar-refractivity contribution >= 4 is 0 Å². The van der Waals surface area contributed by atoms with Gasteiger partial charge in [0.15, 0.2) is 0 Å². The van der Waals surface area contributed by atoms with Gasteiger partial charge in [0.05, 0.1) is 0 Å². The first kappa shape index (κ1) is 8.25. The molecule has 1 heterocycles. The van der Waals surface area contributed by atoms with Crippen molar-refractivity contribution in [3.05, 3.63) is 30.1 Å². The number of hydrogen-bond acceptors (Lipinski definition) is 1. The van der Waals surface area contributed by atoms with Gasteiger partial charge in [-0.1, -0.05) is 19.3 Å². The Bertz CT molecular complexity index is 138. The van der Waals surface area contributed by atoms with Crippen molar-refractivity contribution in [2.45, 2.75) is 6.92 Å². The molecule has 0 amide bonds. The summed E-state index contributed by atoms with van der Waals surface area (Å²) in [4.78, 5) is 3.85. The molecular formula is C6H6NY+2. The normalized spacial score (nSPS) is 7.62. The van der Waals surface area contributed by atoms with E-state index in [0.29, 0.717) is 0 Å². The minimum Gasteiger partial charge on any atom is -0.391 e. The monoisotopic (exact) mass is 181 g/mol. The molecule has 0 spiro atoms. The quantitative estimate of drug-likeness (QED) is 0.547. The first-order chi connectivity index (χ1) is 3.39. The molecule has 0 aliphatic heterocycles. The van der Waals surface area contributed by atoms with Crippen molar-refractivity contribution < 1.29 is 32.7 Å². The predicted molar refractivity (Wildman–Crippen MR) is 27.8 cm³/mol. The second-order valence-corrected chi connectivity index (χ2v) is 1.42. The van der Waals surface area contributed by atoms with Crippen LogP contribution >= 0.6 is 0 Å². The van der Waals surface area contributed by atoms with Crippen LogP contribution in [0.15, 0.2) is 18.5 Å². The van der Waals surface area contributed by atoms with Gasteiger partial charge < -0.3 is 4.98 Å². The van der Waals surface area contributed by atoms with Crippen molar-refractivity contribution in [3.8, 4) is 0 Å². The van der Waals surface area contributed by atoms with Gasteiger partial charge in [-0.2, -0.15) is 12.1 Å². The summed E-state index contributed by atoms with van der Waals surface area (Å²) in [5.41, 5.74) is 1.09. The van der Waals surface area contributed by atoms with Gasteiger partial charge in [0.1, 0.15) is 0 Å². The number of aryl methyl sites for hydroxylation is 1. The zero-order valence-electron chi connectivity index (χ0n) is 4.76. The minimum absolute atomic E-state index is 0. The molecule has 0 bridgehead atoms. The van der Waals surface area contributed by atoms with E-state index in [1.807, 2.05) is 6.92 Å². The summed E-state index contributed by atoms with van der Waals surface area (Å²) in [6.45, 7) is 1.97. The first-order valence-corrected chi connectivity index (χ1v) is 2.18. The maximum absolute atomic E-state index is 3.85. The molecule has 1 aromatic rings. The minimum atomic E-state index is 0. The molecule has 0 aliphatic carbocycles. The predicted octanol–water partition coefficient (Wildman–Crippen LogP) is 1.19. The van der Waals surface area contributed by atoms with Crippen LogP contribution in [0.25, 0.3) is 0 Å². The summed E-state index contributed by atoms with van der Waals surface area (Å²) in [5, 5.41) is 0. The summed E-state index contributed by atoms with van der Waals surface area (Å²) in [6.07, 6.45) is 3.49. The molecule has 1 rings (SSSR count). The molecule has 0 aromatic carbocycles. The second-order valence-electron chi connectivity index (χ2n) is 1.42. The van der Waals surface area contributed by atoms with Crippen LogP contribution in [-0.4, -0.2) is 4.98 Å². The van der Waals surface area contributed by atoms with Crippen molar-refractivity contribution in [2.24, 2.45) is 0 Å². The molecule has 0 radical (unpaired) electrons. The smallest absolute Gasteiger partial charge is 0.391 e. The molecule has 0 saturated heterocycles. The van der Waals surface area contributed by atoms with E-state index >= 15 is 0 Å². The zero-order valence-corrected chi connectivity index (χ0v) is 7.59. The Kier molecular flexibility index (Phi) is 4.30. The van der Waals surface area contributed by atoms with E-state index in [-0.39, 0.29) is 32.7 Å². The van der Waals surface area contributed by atoms with Crippen molar-refractivity contribution in [1.82, 2.24) is 4.98 Å². The molecule has 0 aliphatic rings. The van der Waals surface area contributed by atoms with Gasteiger partial charge in [0.2, 0.25) is 0 Å². The molecular weight excluding hydrogens is 175 g/mol. The van der Waals surface area contributed by atoms with Gasteiger partial charge in [-0.25, -0.2) is 0 Å². The van der Waals surface area contributed by atoms with Crippen LogP contribution in [0.1, 0.15) is 5.56 Å². The number of hydrogen-bond donors (Lipinski definition) is 0. The van der Waals surface area contributed by atoms with Crippen LogP contribution in [-0.2, 0) is 32.7 Å². The zero-order chi connectivity index (χ0) is 5.11. The molecule has 8 heavy (non-hydrogen) atoms. The van der Waals surface area contributed by atoms with E-state index in [4.69, 9.17) is 0 Å². The molecule has 1 aromatic heterocycles. The number of nitrogens with zero attached hydrogens (tertiary/aromatic N) is 1. The molecule has 0 N–H and O–H groups in total. The Hall–Kier alpha value is 0.254. The van der Waals surface area contributed by atoms with Crippen molar-refractivity contribution in [1.29, 1.82) is 0 Å². The first-order valence-electron chi connectivity index (χ1n) is 2.18. The Balaban J connectivity index is 0.000000490. The molecule has 2 heteroatoms. The van der Waals surface area contributed by atoms with Crippen LogP contribution in [0.3, 0.4) is 0 Å². The van der Waals surface area contributed by atoms with Crippen molar-refractivity contribution in [3.63, 3.8) is 0 Å². The molecule has 0 fully saturated rings. The topological polar surface area (TPSA) is 12.9 Å². The molecule has 0 atom stereocenters. The fraction of sp³-hybridized carbons (Fsp3) is 0.167. The van der Waals surface area contributed by atoms with Crippen molar-refractivity contribution in [2.75, 3.05) is 0 Å². The summed E-state index contributed by atoms with van der Waals surface area (Å²) >= 11 is 0. The van der Waals surface area contributed by atoms with E-state index in [9.17, 15) is 0 Å². The average Bonchev–Trinajstić information content (AvgIpc) is 1.69. The maximum Gasteiger partial charge on any atom is 3.00 e. The third-order valence-electron chi connectivity index (χ3n) is 0.740. The van der Waals surface area contributed by atoms with Crippen LogP contribution in [0.4, 0.5) is 0 Å². The summed E-state index contributed by atoms with van der Waals surface area (Å²) in [5.74, 6) is 0. The van der Waals surface area contributed by atoms with Crippen LogP contribution in [0.2, 0.25) is 0 Å². The van der Waals surface area contributed by atoms with Gasteiger partial charge in [0, 0.05) is 0 Å². The van der Waals surface area contributed by atoms with Gasteiger partial charge >= 0.3 is 32.7 Å². The molecule has 0 unspecified atom stereocenters. The fourth-order valence-electron chi connectivity index (χ4n) is 0.404. The average molecular weight is 181 g/mol. The van der Waals surface area contributed by atoms with E-state index in [1.54, 1.807) is 18.5 Å². The third kappa shape index (κ3) is 2.53. The SMILES string of the molecule is Cc1[c-]ccnc1.[Y+3]. The number of aromatic nitrogens is 1. The van der Waals surface area contributed by atoms with Gasteiger partial charge in [0.25, 0.3) is 0 Å². The second kappa shape index (κ2) is 4.16. The van der Waals surface area contributed by atoms with Crippen LogP contribution < -0.4 is 0 Å². The molecule has 0 saturated carbocycles. The van der Waals surface area contributed by atoms with Gasteiger partial charge in [-0.3, -0.25) is 0 Å². The van der Waals surface area contributed by atoms with E-state index in [1.165, 1.54) is 0 Å². The summed E-state index contributed by atoms with van der Waals surface area (Å²) < 4.78 is 0. The largest absolute Gasteiger partial charge is 3.00 e. The van der Waals surface area contributed by atoms with Gasteiger partial charge in [-0.05, 0) is 0 Å². The molecule has 1 nitrogen and oxygen atoms in total. The number of rotatable bonds is 0. The Morgan fingerprint density at radius 1 is 1.62 bits per heavy atom. The van der Waals surface area contributed by atoms with E-state index in [0.717, 1.165) is 5.56 Å². The standard InChI is InChI=1S/C6H6N.Y/c1-6-3-2-4-7-5-6;/h2,4-5H,1H3;/q-1;+3. The van der Waals surface area contributed by atoms with Crippen LogP contribution in [0.5, 0.6) is 0 Å². The molecule has 36 valence electrons. The Morgan fingerprint density at radius 3 is 2.62 bits per heavy atom. The van der Waals surface area contributed by atoms with Crippen LogP contribution in [0, 0.1) is 13.0 Å². The number of pyridine rings is 1. The van der Waals surface area contributed by atoms with Gasteiger partial charge in [-0.15, -0.1) is 5.56 Å². The fourth-order valence-corrected chi connectivity index (χ4v) is 0.404. The summed E-state index contributed by atoms with van der Waals surface area (Å²) in [7, 11) is 0. The summed E-state index contributed by atoms with van der Waals surface area (Å²) in [6, 6.07) is 4.77.